The van der Waals surface area contributed by atoms with Gasteiger partial charge in [0.05, 0.1) is 19.0 Å². The first-order valence-electron chi connectivity index (χ1n) is 15.9. The third-order valence-corrected chi connectivity index (χ3v) is 8.06. The number of nitrogens with zero attached hydrogens (tertiary/aromatic N) is 1. The minimum atomic E-state index is -1.42. The lowest BCUT2D eigenvalue weighted by molar-refractivity contribution is -0.142. The van der Waals surface area contributed by atoms with Gasteiger partial charge in [0.2, 0.25) is 29.5 Å². The topological polar surface area (TPSA) is 298 Å². The van der Waals surface area contributed by atoms with Gasteiger partial charge in [-0.25, -0.2) is 9.78 Å². The van der Waals surface area contributed by atoms with E-state index in [1.165, 1.54) is 68.0 Å². The molecule has 3 rings (SSSR count). The van der Waals surface area contributed by atoms with Crippen LogP contribution < -0.4 is 32.3 Å². The third kappa shape index (κ3) is 12.9. The fraction of sp³-hybridized carbons (Fsp3) is 0.364. The van der Waals surface area contributed by atoms with E-state index in [9.17, 15) is 49.2 Å². The van der Waals surface area contributed by atoms with Crippen molar-refractivity contribution in [3.8, 4) is 11.5 Å². The summed E-state index contributed by atoms with van der Waals surface area (Å²) < 4.78 is 0. The molecule has 0 aliphatic heterocycles. The summed E-state index contributed by atoms with van der Waals surface area (Å²) in [5.74, 6) is -5.83. The SMILES string of the molecule is C[C@@H](O)[C@H](N)C(=O)NCC(=O)N[C@@H](Cc1cnc[nH]1)C(=O)N[C@@H](CS)C(=O)N[C@@H](Cc1ccc(O)cc1)C(=O)N[C@@H](Cc1ccc(O)cc1)C(=O)O. The van der Waals surface area contributed by atoms with Gasteiger partial charge in [0.15, 0.2) is 0 Å². The summed E-state index contributed by atoms with van der Waals surface area (Å²) in [5, 5.41) is 50.8. The number of aliphatic carboxylic acids is 1. The molecule has 1 aromatic heterocycles. The van der Waals surface area contributed by atoms with Gasteiger partial charge in [0.25, 0.3) is 0 Å². The number of aromatic nitrogens is 2. The van der Waals surface area contributed by atoms with Crippen molar-refractivity contribution in [2.75, 3.05) is 12.3 Å². The van der Waals surface area contributed by atoms with E-state index in [0.717, 1.165) is 0 Å². The number of carbonyl (C=O) groups is 6. The number of aromatic amines is 1. The summed E-state index contributed by atoms with van der Waals surface area (Å²) in [6, 6.07) is 4.76. The Morgan fingerprint density at radius 3 is 1.71 bits per heavy atom. The zero-order chi connectivity index (χ0) is 38.4. The standard InChI is InChI=1S/C33H42N8O10S/c1-17(42)28(34)32(49)36-14-27(45)38-24(12-20-13-35-16-37-20)30(47)41-26(15-52)31(48)39-23(10-18-2-6-21(43)7-3-18)29(46)40-25(33(50)51)11-19-4-8-22(44)9-5-19/h2-9,13,16-17,23-26,28,42-44,52H,10-12,14-15,34H2,1H3,(H,35,37)(H,36,49)(H,38,45)(H,39,48)(H,40,46)(H,41,47)(H,50,51)/t17-,23+,24+,25+,26+,28+/m1/s1. The van der Waals surface area contributed by atoms with Crippen LogP contribution in [-0.4, -0.2) is 115 Å². The number of aromatic hydroxyl groups is 2. The Morgan fingerprint density at radius 1 is 0.750 bits per heavy atom. The Hall–Kier alpha value is -5.66. The summed E-state index contributed by atoms with van der Waals surface area (Å²) in [4.78, 5) is 84.2. The van der Waals surface area contributed by atoms with Gasteiger partial charge >= 0.3 is 5.97 Å². The van der Waals surface area contributed by atoms with Crippen LogP contribution in [0, 0.1) is 0 Å². The number of phenols is 2. The molecule has 3 aromatic rings. The zero-order valence-corrected chi connectivity index (χ0v) is 28.9. The second-order valence-corrected chi connectivity index (χ2v) is 12.2. The number of imidazole rings is 1. The highest BCUT2D eigenvalue weighted by molar-refractivity contribution is 7.80. The summed E-state index contributed by atoms with van der Waals surface area (Å²) in [5.41, 5.74) is 7.02. The highest BCUT2D eigenvalue weighted by Gasteiger charge is 2.32. The van der Waals surface area contributed by atoms with E-state index in [1.807, 2.05) is 0 Å². The number of nitrogens with one attached hydrogen (secondary N) is 6. The number of thiol groups is 1. The number of hydrogen-bond donors (Lipinski definition) is 12. The summed E-state index contributed by atoms with van der Waals surface area (Å²) in [6.07, 6.45) is 1.20. The number of nitrogens with two attached hydrogens (primary N) is 1. The van der Waals surface area contributed by atoms with Gasteiger partial charge in [-0.05, 0) is 42.3 Å². The molecule has 0 saturated heterocycles. The predicted molar refractivity (Wildman–Crippen MR) is 188 cm³/mol. The molecule has 12 N–H and O–H groups in total. The van der Waals surface area contributed by atoms with Crippen LogP contribution in [0.2, 0.25) is 0 Å². The molecule has 18 nitrogen and oxygen atoms in total. The van der Waals surface area contributed by atoms with Crippen LogP contribution in [0.25, 0.3) is 0 Å². The van der Waals surface area contributed by atoms with Gasteiger partial charge < -0.3 is 57.7 Å². The van der Waals surface area contributed by atoms with Gasteiger partial charge in [-0.2, -0.15) is 12.6 Å². The number of aliphatic hydroxyl groups excluding tert-OH is 1. The number of phenolic OH excluding ortho intramolecular Hbond substituents is 2. The van der Waals surface area contributed by atoms with E-state index in [2.05, 4.69) is 49.2 Å². The Morgan fingerprint density at radius 2 is 1.23 bits per heavy atom. The van der Waals surface area contributed by atoms with Crippen LogP contribution in [0.1, 0.15) is 23.7 Å². The Bertz CT molecular complexity index is 1670. The van der Waals surface area contributed by atoms with E-state index in [4.69, 9.17) is 5.73 Å². The molecule has 0 bridgehead atoms. The van der Waals surface area contributed by atoms with Crippen LogP contribution in [0.5, 0.6) is 11.5 Å². The molecule has 0 aliphatic carbocycles. The van der Waals surface area contributed by atoms with Gasteiger partial charge in [-0.3, -0.25) is 24.0 Å². The second-order valence-electron chi connectivity index (χ2n) is 11.8. The fourth-order valence-electron chi connectivity index (χ4n) is 4.73. The zero-order valence-electron chi connectivity index (χ0n) is 28.0. The smallest absolute Gasteiger partial charge is 0.326 e. The van der Waals surface area contributed by atoms with Gasteiger partial charge in [0, 0.05) is 36.9 Å². The van der Waals surface area contributed by atoms with Crippen molar-refractivity contribution < 1.29 is 49.2 Å². The molecular formula is C33H42N8O10S. The monoisotopic (exact) mass is 742 g/mol. The first-order valence-corrected chi connectivity index (χ1v) is 16.6. The molecule has 280 valence electrons. The molecule has 0 radical (unpaired) electrons. The maximum Gasteiger partial charge on any atom is 0.326 e. The number of benzene rings is 2. The van der Waals surface area contributed by atoms with Gasteiger partial charge in [-0.1, -0.05) is 24.3 Å². The Labute approximate surface area is 303 Å². The second kappa shape index (κ2) is 19.7. The van der Waals surface area contributed by atoms with Crippen LogP contribution in [0.15, 0.2) is 61.1 Å². The molecule has 0 saturated carbocycles. The number of hydrogen-bond acceptors (Lipinski definition) is 12. The molecule has 0 unspecified atom stereocenters. The predicted octanol–water partition coefficient (Wildman–Crippen LogP) is -2.37. The molecule has 2 aromatic carbocycles. The average Bonchev–Trinajstić information content (AvgIpc) is 3.63. The maximum atomic E-state index is 13.6. The fourth-order valence-corrected chi connectivity index (χ4v) is 4.99. The normalized spacial score (nSPS) is 14.4. The first-order chi connectivity index (χ1) is 24.7. The molecule has 0 aliphatic rings. The average molecular weight is 743 g/mol. The number of carboxylic acid groups (broad SMARTS) is 1. The quantitative estimate of drug-likeness (QED) is 0.0574. The Balaban J connectivity index is 1.76. The number of rotatable bonds is 19. The van der Waals surface area contributed by atoms with Crippen molar-refractivity contribution in [2.24, 2.45) is 5.73 Å². The third-order valence-electron chi connectivity index (χ3n) is 7.69. The number of aliphatic hydroxyl groups is 1. The molecule has 5 amide bonds. The van der Waals surface area contributed by atoms with Crippen LogP contribution in [0.3, 0.4) is 0 Å². The molecule has 0 fully saturated rings. The van der Waals surface area contributed by atoms with Crippen molar-refractivity contribution in [1.82, 2.24) is 36.6 Å². The minimum absolute atomic E-state index is 0.0280. The molecule has 6 atom stereocenters. The van der Waals surface area contributed by atoms with Crippen LogP contribution in [-0.2, 0) is 48.0 Å². The van der Waals surface area contributed by atoms with Gasteiger partial charge in [-0.15, -0.1) is 0 Å². The lowest BCUT2D eigenvalue weighted by atomic mass is 10.0. The van der Waals surface area contributed by atoms with Crippen molar-refractivity contribution in [1.29, 1.82) is 0 Å². The summed E-state index contributed by atoms with van der Waals surface area (Å²) >= 11 is 4.20. The van der Waals surface area contributed by atoms with Crippen molar-refractivity contribution >= 4 is 48.1 Å². The maximum absolute atomic E-state index is 13.6. The summed E-state index contributed by atoms with van der Waals surface area (Å²) in [6.45, 7) is 0.720. The lowest BCUT2D eigenvalue weighted by Gasteiger charge is -2.25. The molecule has 1 heterocycles. The summed E-state index contributed by atoms with van der Waals surface area (Å²) in [7, 11) is 0. The molecule has 52 heavy (non-hydrogen) atoms. The van der Waals surface area contributed by atoms with Crippen molar-refractivity contribution in [3.05, 3.63) is 77.9 Å². The van der Waals surface area contributed by atoms with E-state index in [-0.39, 0.29) is 36.5 Å². The van der Waals surface area contributed by atoms with E-state index < -0.39 is 78.4 Å². The molecule has 19 heteroatoms. The van der Waals surface area contributed by atoms with Crippen LogP contribution in [0.4, 0.5) is 0 Å². The molecule has 0 spiro atoms. The van der Waals surface area contributed by atoms with Gasteiger partial charge in [0.1, 0.15) is 41.7 Å². The van der Waals surface area contributed by atoms with E-state index in [1.54, 1.807) is 0 Å². The number of carboxylic acids is 1. The highest BCUT2D eigenvalue weighted by atomic mass is 32.1. The van der Waals surface area contributed by atoms with Crippen molar-refractivity contribution in [2.45, 2.75) is 62.5 Å². The first kappa shape index (κ1) is 40.8. The largest absolute Gasteiger partial charge is 0.508 e. The minimum Gasteiger partial charge on any atom is -0.508 e. The lowest BCUT2D eigenvalue weighted by Crippen LogP contribution is -2.59. The van der Waals surface area contributed by atoms with E-state index >= 15 is 0 Å². The Kier molecular flexibility index (Phi) is 15.4. The number of carbonyl (C=O) groups excluding carboxylic acids is 5. The van der Waals surface area contributed by atoms with E-state index in [0.29, 0.717) is 16.8 Å². The number of amides is 5. The molecular weight excluding hydrogens is 700 g/mol. The van der Waals surface area contributed by atoms with Crippen LogP contribution >= 0.6 is 12.6 Å². The van der Waals surface area contributed by atoms with Crippen molar-refractivity contribution in [3.63, 3.8) is 0 Å². The number of H-pyrrole nitrogens is 1. The highest BCUT2D eigenvalue weighted by Crippen LogP contribution is 2.14.